The van der Waals surface area contributed by atoms with Gasteiger partial charge in [0.05, 0.1) is 13.2 Å². The molecular formula is C17H22N2O6. The lowest BCUT2D eigenvalue weighted by Gasteiger charge is -2.24. The van der Waals surface area contributed by atoms with Gasteiger partial charge in [0.2, 0.25) is 11.8 Å². The van der Waals surface area contributed by atoms with Crippen LogP contribution in [-0.2, 0) is 20.8 Å². The number of ether oxygens (including phenoxy) is 1. The fourth-order valence-corrected chi connectivity index (χ4v) is 2.91. The Bertz CT molecular complexity index is 662. The van der Waals surface area contributed by atoms with Crippen molar-refractivity contribution in [3.05, 3.63) is 29.8 Å². The molecule has 25 heavy (non-hydrogen) atoms. The molecule has 1 saturated heterocycles. The zero-order chi connectivity index (χ0) is 18.6. The molecule has 1 aliphatic rings. The summed E-state index contributed by atoms with van der Waals surface area (Å²) in [5, 5.41) is 21.6. The largest absolute Gasteiger partial charge is 0.497 e. The van der Waals surface area contributed by atoms with Gasteiger partial charge in [-0.1, -0.05) is 12.1 Å². The average molecular weight is 350 g/mol. The molecule has 136 valence electrons. The number of amides is 2. The summed E-state index contributed by atoms with van der Waals surface area (Å²) in [7, 11) is 1.51. The van der Waals surface area contributed by atoms with E-state index in [1.54, 1.807) is 24.3 Å². The Morgan fingerprint density at radius 3 is 2.72 bits per heavy atom. The van der Waals surface area contributed by atoms with Crippen molar-refractivity contribution >= 4 is 17.8 Å². The zero-order valence-corrected chi connectivity index (χ0v) is 14.1. The summed E-state index contributed by atoms with van der Waals surface area (Å²) in [5.74, 6) is -1.50. The summed E-state index contributed by atoms with van der Waals surface area (Å²) in [6, 6.07) is 4.91. The van der Waals surface area contributed by atoms with Crippen LogP contribution in [-0.4, -0.2) is 64.7 Å². The number of carboxylic acids is 1. The minimum atomic E-state index is -1.18. The van der Waals surface area contributed by atoms with Crippen molar-refractivity contribution in [1.82, 2.24) is 10.2 Å². The maximum Gasteiger partial charge on any atom is 0.326 e. The molecule has 0 spiro atoms. The van der Waals surface area contributed by atoms with Crippen LogP contribution in [0.3, 0.4) is 0 Å². The molecule has 0 saturated carbocycles. The molecule has 0 bridgehead atoms. The number of benzene rings is 1. The van der Waals surface area contributed by atoms with Gasteiger partial charge in [0.25, 0.3) is 0 Å². The topological polar surface area (TPSA) is 116 Å². The van der Waals surface area contributed by atoms with E-state index in [4.69, 9.17) is 4.74 Å². The van der Waals surface area contributed by atoms with Crippen LogP contribution < -0.4 is 10.1 Å². The second kappa shape index (κ2) is 7.98. The van der Waals surface area contributed by atoms with E-state index in [1.807, 2.05) is 0 Å². The number of carbonyl (C=O) groups is 3. The number of carbonyl (C=O) groups excluding carboxylic acids is 2. The Labute approximate surface area is 145 Å². The molecule has 0 aliphatic carbocycles. The average Bonchev–Trinajstić information content (AvgIpc) is 2.96. The number of hydrogen-bond donors (Lipinski definition) is 3. The number of β-amino-alcohol motifs (C(OH)–C–C–N with tert-alkyl or cyclic N) is 1. The second-order valence-electron chi connectivity index (χ2n) is 6.03. The molecule has 0 radical (unpaired) electrons. The number of hydrogen-bond acceptors (Lipinski definition) is 5. The molecule has 1 heterocycles. The van der Waals surface area contributed by atoms with E-state index in [2.05, 4.69) is 5.32 Å². The molecule has 1 aromatic carbocycles. The second-order valence-corrected chi connectivity index (χ2v) is 6.03. The third-order valence-electron chi connectivity index (χ3n) is 4.17. The first-order valence-electron chi connectivity index (χ1n) is 7.93. The van der Waals surface area contributed by atoms with E-state index in [1.165, 1.54) is 18.9 Å². The number of likely N-dealkylation sites (tertiary alicyclic amines) is 1. The summed E-state index contributed by atoms with van der Waals surface area (Å²) in [4.78, 5) is 36.8. The predicted molar refractivity (Wildman–Crippen MR) is 88.1 cm³/mol. The molecular weight excluding hydrogens is 328 g/mol. The van der Waals surface area contributed by atoms with Gasteiger partial charge in [-0.25, -0.2) is 4.79 Å². The van der Waals surface area contributed by atoms with Crippen molar-refractivity contribution in [2.45, 2.75) is 38.0 Å². The summed E-state index contributed by atoms with van der Waals surface area (Å²) in [6.07, 6.45) is -0.619. The van der Waals surface area contributed by atoms with E-state index in [-0.39, 0.29) is 25.3 Å². The monoisotopic (exact) mass is 350 g/mol. The molecule has 1 aromatic rings. The standard InChI is InChI=1S/C17H22N2O6/c1-10(20)19-9-12(21)8-15(19)16(22)18-14(17(23)24)7-11-4-3-5-13(6-11)25-2/h3-6,12,14-15,21H,7-9H2,1-2H3,(H,18,22)(H,23,24)/t12-,14+,15+/m1/s1. The van der Waals surface area contributed by atoms with E-state index < -0.39 is 30.1 Å². The van der Waals surface area contributed by atoms with Gasteiger partial charge in [-0.2, -0.15) is 0 Å². The number of aliphatic hydroxyl groups excluding tert-OH is 1. The van der Waals surface area contributed by atoms with Crippen LogP contribution in [0.25, 0.3) is 0 Å². The Morgan fingerprint density at radius 1 is 1.40 bits per heavy atom. The van der Waals surface area contributed by atoms with Crippen LogP contribution in [0.15, 0.2) is 24.3 Å². The molecule has 2 rings (SSSR count). The number of aliphatic hydroxyl groups is 1. The highest BCUT2D eigenvalue weighted by molar-refractivity contribution is 5.90. The van der Waals surface area contributed by atoms with Gasteiger partial charge in [0.1, 0.15) is 17.8 Å². The lowest BCUT2D eigenvalue weighted by molar-refractivity contribution is -0.143. The minimum absolute atomic E-state index is 0.0705. The van der Waals surface area contributed by atoms with Gasteiger partial charge in [0, 0.05) is 26.3 Å². The van der Waals surface area contributed by atoms with Crippen molar-refractivity contribution in [2.75, 3.05) is 13.7 Å². The summed E-state index contributed by atoms with van der Waals surface area (Å²) in [6.45, 7) is 1.38. The van der Waals surface area contributed by atoms with E-state index in [0.29, 0.717) is 11.3 Å². The molecule has 8 heteroatoms. The van der Waals surface area contributed by atoms with Crippen LogP contribution in [0.4, 0.5) is 0 Å². The third-order valence-corrected chi connectivity index (χ3v) is 4.17. The van der Waals surface area contributed by atoms with E-state index >= 15 is 0 Å². The number of aliphatic carboxylic acids is 1. The first-order chi connectivity index (χ1) is 11.8. The zero-order valence-electron chi connectivity index (χ0n) is 14.1. The number of nitrogens with zero attached hydrogens (tertiary/aromatic N) is 1. The highest BCUT2D eigenvalue weighted by Crippen LogP contribution is 2.19. The molecule has 2 amide bonds. The van der Waals surface area contributed by atoms with Crippen LogP contribution in [0.5, 0.6) is 5.75 Å². The predicted octanol–water partition coefficient (Wildman–Crippen LogP) is -0.211. The van der Waals surface area contributed by atoms with Crippen molar-refractivity contribution in [3.8, 4) is 5.75 Å². The molecule has 1 fully saturated rings. The molecule has 8 nitrogen and oxygen atoms in total. The lowest BCUT2D eigenvalue weighted by atomic mass is 10.0. The SMILES string of the molecule is COc1cccc(C[C@H](NC(=O)[C@@H]2C[C@@H](O)CN2C(C)=O)C(=O)O)c1. The minimum Gasteiger partial charge on any atom is -0.497 e. The van der Waals surface area contributed by atoms with Gasteiger partial charge < -0.3 is 25.2 Å². The number of rotatable bonds is 6. The highest BCUT2D eigenvalue weighted by atomic mass is 16.5. The first-order valence-corrected chi connectivity index (χ1v) is 7.93. The smallest absolute Gasteiger partial charge is 0.326 e. The quantitative estimate of drug-likeness (QED) is 0.654. The van der Waals surface area contributed by atoms with E-state index in [9.17, 15) is 24.6 Å². The number of carboxylic acid groups (broad SMARTS) is 1. The van der Waals surface area contributed by atoms with Crippen LogP contribution in [0.2, 0.25) is 0 Å². The molecule has 3 N–H and O–H groups in total. The Balaban J connectivity index is 2.09. The van der Waals surface area contributed by atoms with E-state index in [0.717, 1.165) is 0 Å². The van der Waals surface area contributed by atoms with Crippen LogP contribution in [0.1, 0.15) is 18.9 Å². The first kappa shape index (κ1) is 18.7. The van der Waals surface area contributed by atoms with Crippen molar-refractivity contribution in [3.63, 3.8) is 0 Å². The lowest BCUT2D eigenvalue weighted by Crippen LogP contribution is -2.51. The summed E-state index contributed by atoms with van der Waals surface area (Å²) in [5.41, 5.74) is 0.696. The molecule has 3 atom stereocenters. The summed E-state index contributed by atoms with van der Waals surface area (Å²) >= 11 is 0. The Hall–Kier alpha value is -2.61. The summed E-state index contributed by atoms with van der Waals surface area (Å²) < 4.78 is 5.10. The number of methoxy groups -OCH3 is 1. The van der Waals surface area contributed by atoms with Gasteiger partial charge in [-0.3, -0.25) is 9.59 Å². The fourth-order valence-electron chi connectivity index (χ4n) is 2.91. The third kappa shape index (κ3) is 4.69. The maximum absolute atomic E-state index is 12.4. The molecule has 1 aliphatic heterocycles. The normalized spacial score (nSPS) is 20.8. The van der Waals surface area contributed by atoms with Crippen molar-refractivity contribution < 1.29 is 29.3 Å². The van der Waals surface area contributed by atoms with Gasteiger partial charge in [-0.15, -0.1) is 0 Å². The van der Waals surface area contributed by atoms with Crippen LogP contribution >= 0.6 is 0 Å². The Kier molecular flexibility index (Phi) is 5.97. The van der Waals surface area contributed by atoms with Gasteiger partial charge in [0.15, 0.2) is 0 Å². The molecule has 0 aromatic heterocycles. The number of nitrogens with one attached hydrogen (secondary N) is 1. The van der Waals surface area contributed by atoms with Crippen molar-refractivity contribution in [2.24, 2.45) is 0 Å². The maximum atomic E-state index is 12.4. The molecule has 0 unspecified atom stereocenters. The van der Waals surface area contributed by atoms with Gasteiger partial charge in [-0.05, 0) is 17.7 Å². The van der Waals surface area contributed by atoms with Gasteiger partial charge >= 0.3 is 5.97 Å². The van der Waals surface area contributed by atoms with Crippen molar-refractivity contribution in [1.29, 1.82) is 0 Å². The fraction of sp³-hybridized carbons (Fsp3) is 0.471. The Morgan fingerprint density at radius 2 is 2.12 bits per heavy atom. The van der Waals surface area contributed by atoms with Crippen LogP contribution in [0, 0.1) is 0 Å². The highest BCUT2D eigenvalue weighted by Gasteiger charge is 2.38.